The molecule has 0 atom stereocenters. The average molecular weight is 218 g/mol. The first kappa shape index (κ1) is 12.3. The van der Waals surface area contributed by atoms with Crippen molar-refractivity contribution in [3.8, 4) is 6.07 Å². The van der Waals surface area contributed by atoms with Gasteiger partial charge in [0.05, 0.1) is 11.3 Å². The van der Waals surface area contributed by atoms with E-state index in [0.29, 0.717) is 17.2 Å². The number of nitriles is 1. The molecule has 0 aliphatic heterocycles. The lowest BCUT2D eigenvalue weighted by Crippen LogP contribution is -2.29. The highest BCUT2D eigenvalue weighted by Gasteiger charge is 2.13. The van der Waals surface area contributed by atoms with Crippen molar-refractivity contribution in [2.75, 3.05) is 23.7 Å². The van der Waals surface area contributed by atoms with Crippen molar-refractivity contribution in [1.29, 1.82) is 5.26 Å². The van der Waals surface area contributed by atoms with Crippen LogP contribution in [0.2, 0.25) is 0 Å². The van der Waals surface area contributed by atoms with Crippen LogP contribution in [0.5, 0.6) is 0 Å². The third-order valence-electron chi connectivity index (χ3n) is 2.36. The molecule has 0 aliphatic carbocycles. The van der Waals surface area contributed by atoms with Crippen LogP contribution in [0.1, 0.15) is 26.3 Å². The van der Waals surface area contributed by atoms with Crippen LogP contribution >= 0.6 is 0 Å². The molecule has 0 radical (unpaired) electrons. The SMILES string of the molecule is CCN(CC(C)C)c1nccc(C#N)c1N. The van der Waals surface area contributed by atoms with Gasteiger partial charge in [-0.2, -0.15) is 5.26 Å². The molecule has 0 aliphatic rings. The number of hydrogen-bond donors (Lipinski definition) is 1. The Balaban J connectivity index is 3.06. The molecule has 0 fully saturated rings. The van der Waals surface area contributed by atoms with E-state index in [0.717, 1.165) is 18.9 Å². The predicted molar refractivity (Wildman–Crippen MR) is 66.1 cm³/mol. The minimum absolute atomic E-state index is 0.479. The van der Waals surface area contributed by atoms with E-state index in [1.807, 2.05) is 0 Å². The Morgan fingerprint density at radius 2 is 2.25 bits per heavy atom. The van der Waals surface area contributed by atoms with Gasteiger partial charge in [0.1, 0.15) is 6.07 Å². The highest BCUT2D eigenvalue weighted by atomic mass is 15.2. The molecule has 0 saturated carbocycles. The Bertz CT molecular complexity index is 392. The maximum absolute atomic E-state index is 8.90. The molecule has 4 nitrogen and oxygen atoms in total. The topological polar surface area (TPSA) is 65.9 Å². The number of nitrogens with zero attached hydrogens (tertiary/aromatic N) is 3. The number of aromatic nitrogens is 1. The van der Waals surface area contributed by atoms with Gasteiger partial charge in [-0.3, -0.25) is 0 Å². The highest BCUT2D eigenvalue weighted by Crippen LogP contribution is 2.23. The molecule has 0 bridgehead atoms. The lowest BCUT2D eigenvalue weighted by Gasteiger charge is -2.25. The zero-order chi connectivity index (χ0) is 12.1. The number of hydrogen-bond acceptors (Lipinski definition) is 4. The van der Waals surface area contributed by atoms with Crippen LogP contribution in [0.4, 0.5) is 11.5 Å². The van der Waals surface area contributed by atoms with Crippen molar-refractivity contribution in [1.82, 2.24) is 4.98 Å². The fourth-order valence-corrected chi connectivity index (χ4v) is 1.62. The van der Waals surface area contributed by atoms with Crippen molar-refractivity contribution >= 4 is 11.5 Å². The van der Waals surface area contributed by atoms with Gasteiger partial charge in [-0.05, 0) is 18.9 Å². The number of pyridine rings is 1. The molecular weight excluding hydrogens is 200 g/mol. The highest BCUT2D eigenvalue weighted by molar-refractivity contribution is 5.69. The van der Waals surface area contributed by atoms with Crippen molar-refractivity contribution < 1.29 is 0 Å². The predicted octanol–water partition coefficient (Wildman–Crippen LogP) is 2.02. The zero-order valence-electron chi connectivity index (χ0n) is 10.1. The Kier molecular flexibility index (Phi) is 4.12. The van der Waals surface area contributed by atoms with Crippen LogP contribution in [0.15, 0.2) is 12.3 Å². The first-order chi connectivity index (χ1) is 7.60. The molecule has 86 valence electrons. The molecule has 0 saturated heterocycles. The van der Waals surface area contributed by atoms with Crippen molar-refractivity contribution in [2.45, 2.75) is 20.8 Å². The summed E-state index contributed by atoms with van der Waals surface area (Å²) in [5.41, 5.74) is 6.89. The summed E-state index contributed by atoms with van der Waals surface area (Å²) in [4.78, 5) is 6.36. The second-order valence-corrected chi connectivity index (χ2v) is 4.14. The van der Waals surface area contributed by atoms with Gasteiger partial charge in [0.15, 0.2) is 5.82 Å². The van der Waals surface area contributed by atoms with Gasteiger partial charge in [-0.1, -0.05) is 13.8 Å². The van der Waals surface area contributed by atoms with Crippen molar-refractivity contribution in [3.63, 3.8) is 0 Å². The quantitative estimate of drug-likeness (QED) is 0.839. The fourth-order valence-electron chi connectivity index (χ4n) is 1.62. The van der Waals surface area contributed by atoms with Gasteiger partial charge in [-0.15, -0.1) is 0 Å². The molecule has 1 heterocycles. The van der Waals surface area contributed by atoms with Crippen LogP contribution in [-0.4, -0.2) is 18.1 Å². The third-order valence-corrected chi connectivity index (χ3v) is 2.36. The van der Waals surface area contributed by atoms with Crippen LogP contribution in [0.3, 0.4) is 0 Å². The number of rotatable bonds is 4. The summed E-state index contributed by atoms with van der Waals surface area (Å²) >= 11 is 0. The second kappa shape index (κ2) is 5.36. The zero-order valence-corrected chi connectivity index (χ0v) is 10.1. The van der Waals surface area contributed by atoms with Crippen LogP contribution < -0.4 is 10.6 Å². The van der Waals surface area contributed by atoms with E-state index >= 15 is 0 Å². The minimum Gasteiger partial charge on any atom is -0.395 e. The molecule has 0 aromatic carbocycles. The van der Waals surface area contributed by atoms with E-state index in [9.17, 15) is 0 Å². The van der Waals surface area contributed by atoms with Gasteiger partial charge in [0, 0.05) is 19.3 Å². The lowest BCUT2D eigenvalue weighted by molar-refractivity contribution is 0.615. The first-order valence-electron chi connectivity index (χ1n) is 5.49. The van der Waals surface area contributed by atoms with Gasteiger partial charge in [0.25, 0.3) is 0 Å². The van der Waals surface area contributed by atoms with E-state index in [4.69, 9.17) is 11.0 Å². The largest absolute Gasteiger partial charge is 0.395 e. The molecule has 1 aromatic rings. The van der Waals surface area contributed by atoms with Gasteiger partial charge in [-0.25, -0.2) is 4.98 Å². The van der Waals surface area contributed by atoms with E-state index in [2.05, 4.69) is 36.7 Å². The molecule has 1 rings (SSSR count). The summed E-state index contributed by atoms with van der Waals surface area (Å²) in [6.07, 6.45) is 1.63. The summed E-state index contributed by atoms with van der Waals surface area (Å²) in [5.74, 6) is 1.25. The number of nitrogens with two attached hydrogens (primary N) is 1. The summed E-state index contributed by atoms with van der Waals surface area (Å²) in [7, 11) is 0. The molecule has 4 heteroatoms. The van der Waals surface area contributed by atoms with Crippen LogP contribution in [0.25, 0.3) is 0 Å². The minimum atomic E-state index is 0.479. The van der Waals surface area contributed by atoms with Crippen LogP contribution in [-0.2, 0) is 0 Å². The smallest absolute Gasteiger partial charge is 0.153 e. The summed E-state index contributed by atoms with van der Waals surface area (Å²) in [5, 5.41) is 8.90. The second-order valence-electron chi connectivity index (χ2n) is 4.14. The molecule has 16 heavy (non-hydrogen) atoms. The molecule has 1 aromatic heterocycles. The standard InChI is InChI=1S/C12H18N4/c1-4-16(8-9(2)3)12-11(14)10(7-13)5-6-15-12/h5-6,9H,4,8,14H2,1-3H3. The van der Waals surface area contributed by atoms with Crippen LogP contribution in [0, 0.1) is 17.2 Å². The average Bonchev–Trinajstić information content (AvgIpc) is 2.26. The number of anilines is 2. The van der Waals surface area contributed by atoms with E-state index < -0.39 is 0 Å². The molecule has 0 spiro atoms. The van der Waals surface area contributed by atoms with Gasteiger partial charge < -0.3 is 10.6 Å². The normalized spacial score (nSPS) is 10.2. The Labute approximate surface area is 96.7 Å². The first-order valence-corrected chi connectivity index (χ1v) is 5.49. The van der Waals surface area contributed by atoms with Crippen molar-refractivity contribution in [3.05, 3.63) is 17.8 Å². The molecule has 2 N–H and O–H groups in total. The Hall–Kier alpha value is -1.76. The van der Waals surface area contributed by atoms with E-state index in [-0.39, 0.29) is 0 Å². The number of nitrogen functional groups attached to an aromatic ring is 1. The Morgan fingerprint density at radius 1 is 1.56 bits per heavy atom. The van der Waals surface area contributed by atoms with E-state index in [1.54, 1.807) is 12.3 Å². The molecule has 0 amide bonds. The molecular formula is C12H18N4. The van der Waals surface area contributed by atoms with Gasteiger partial charge >= 0.3 is 0 Å². The third kappa shape index (κ3) is 2.63. The summed E-state index contributed by atoms with van der Waals surface area (Å²) in [6, 6.07) is 3.72. The maximum atomic E-state index is 8.90. The summed E-state index contributed by atoms with van der Waals surface area (Å²) < 4.78 is 0. The maximum Gasteiger partial charge on any atom is 0.153 e. The van der Waals surface area contributed by atoms with Gasteiger partial charge in [0.2, 0.25) is 0 Å². The lowest BCUT2D eigenvalue weighted by atomic mass is 10.2. The monoisotopic (exact) mass is 218 g/mol. The van der Waals surface area contributed by atoms with Crippen molar-refractivity contribution in [2.24, 2.45) is 5.92 Å². The van der Waals surface area contributed by atoms with E-state index in [1.165, 1.54) is 0 Å². The summed E-state index contributed by atoms with van der Waals surface area (Å²) in [6.45, 7) is 8.08. The molecule has 0 unspecified atom stereocenters. The fraction of sp³-hybridized carbons (Fsp3) is 0.500. The Morgan fingerprint density at radius 3 is 2.75 bits per heavy atom.